The van der Waals surface area contributed by atoms with Crippen LogP contribution in [-0.2, 0) is 0 Å². The minimum Gasteiger partial charge on any atom is -0.493 e. The molecular weight excluding hydrogens is 234 g/mol. The smallest absolute Gasteiger partial charge is 0.161 e. The molecule has 0 aromatic heterocycles. The highest BCUT2D eigenvalue weighted by atomic mass is 32.2. The lowest BCUT2D eigenvalue weighted by Gasteiger charge is -2.17. The Morgan fingerprint density at radius 2 is 1.88 bits per heavy atom. The number of ether oxygens (including phenoxy) is 2. The van der Waals surface area contributed by atoms with Gasteiger partial charge in [0.1, 0.15) is 6.61 Å². The second-order valence-electron chi connectivity index (χ2n) is 3.80. The van der Waals surface area contributed by atoms with Gasteiger partial charge in [-0.2, -0.15) is 11.8 Å². The molecule has 1 aromatic carbocycles. The Hall–Kier alpha value is -0.870. The van der Waals surface area contributed by atoms with Gasteiger partial charge in [-0.1, -0.05) is 12.1 Å². The summed E-state index contributed by atoms with van der Waals surface area (Å²) < 4.78 is 10.9. The molecule has 0 radical (unpaired) electrons. The Morgan fingerprint density at radius 1 is 1.18 bits per heavy atom. The summed E-state index contributed by atoms with van der Waals surface area (Å²) in [5, 5.41) is 0. The third-order valence-electron chi connectivity index (χ3n) is 2.48. The molecule has 0 aliphatic rings. The molecule has 0 saturated carbocycles. The van der Waals surface area contributed by atoms with Crippen LogP contribution in [0.1, 0.15) is 0 Å². The first-order chi connectivity index (χ1) is 8.27. The summed E-state index contributed by atoms with van der Waals surface area (Å²) in [5.74, 6) is 2.76. The fourth-order valence-corrected chi connectivity index (χ4v) is 1.90. The van der Waals surface area contributed by atoms with Gasteiger partial charge >= 0.3 is 0 Å². The van der Waals surface area contributed by atoms with Gasteiger partial charge in [0.25, 0.3) is 0 Å². The maximum absolute atomic E-state index is 5.71. The number of likely N-dealkylation sites (N-methyl/N-ethyl adjacent to an activating group) is 1. The summed E-state index contributed by atoms with van der Waals surface area (Å²) in [6.07, 6.45) is 2.12. The van der Waals surface area contributed by atoms with E-state index in [1.807, 2.05) is 36.0 Å². The molecule has 0 heterocycles. The maximum atomic E-state index is 5.71. The molecule has 0 aliphatic carbocycles. The van der Waals surface area contributed by atoms with Gasteiger partial charge in [-0.3, -0.25) is 0 Å². The number of hydrogen-bond donors (Lipinski definition) is 0. The predicted octanol–water partition coefficient (Wildman–Crippen LogP) is 2.37. The molecule has 1 rings (SSSR count). The van der Waals surface area contributed by atoms with Crippen molar-refractivity contribution in [1.29, 1.82) is 0 Å². The molecule has 0 N–H and O–H groups in total. The van der Waals surface area contributed by atoms with E-state index in [2.05, 4.69) is 18.2 Å². The fourth-order valence-electron chi connectivity index (χ4n) is 1.41. The predicted molar refractivity (Wildman–Crippen MR) is 74.4 cm³/mol. The lowest BCUT2D eigenvalue weighted by molar-refractivity contribution is 0.236. The molecule has 4 heteroatoms. The fraction of sp³-hybridized carbons (Fsp3) is 0.538. The number of nitrogens with zero attached hydrogens (tertiary/aromatic N) is 1. The van der Waals surface area contributed by atoms with Crippen molar-refractivity contribution in [2.24, 2.45) is 0 Å². The zero-order valence-corrected chi connectivity index (χ0v) is 11.6. The van der Waals surface area contributed by atoms with E-state index in [-0.39, 0.29) is 0 Å². The monoisotopic (exact) mass is 255 g/mol. The van der Waals surface area contributed by atoms with Gasteiger partial charge in [-0.25, -0.2) is 0 Å². The molecule has 0 atom stereocenters. The van der Waals surface area contributed by atoms with Crippen molar-refractivity contribution >= 4 is 11.8 Å². The van der Waals surface area contributed by atoms with Crippen molar-refractivity contribution in [2.75, 3.05) is 45.9 Å². The van der Waals surface area contributed by atoms with Crippen LogP contribution in [-0.4, -0.2) is 50.8 Å². The van der Waals surface area contributed by atoms with Crippen LogP contribution in [0.3, 0.4) is 0 Å². The summed E-state index contributed by atoms with van der Waals surface area (Å²) in [5.41, 5.74) is 0. The Morgan fingerprint density at radius 3 is 2.53 bits per heavy atom. The molecule has 96 valence electrons. The second kappa shape index (κ2) is 8.25. The zero-order valence-electron chi connectivity index (χ0n) is 10.8. The number of hydrogen-bond acceptors (Lipinski definition) is 4. The third-order valence-corrected chi connectivity index (χ3v) is 3.07. The normalized spacial score (nSPS) is 10.6. The van der Waals surface area contributed by atoms with Crippen molar-refractivity contribution in [2.45, 2.75) is 0 Å². The molecule has 0 saturated heterocycles. The SMILES string of the molecule is COc1ccccc1OCCN(C)CCSC. The Labute approximate surface area is 108 Å². The summed E-state index contributed by atoms with van der Waals surface area (Å²) in [6, 6.07) is 7.74. The molecule has 0 aliphatic heterocycles. The average Bonchev–Trinajstić information content (AvgIpc) is 2.37. The topological polar surface area (TPSA) is 21.7 Å². The third kappa shape index (κ3) is 5.33. The first-order valence-corrected chi connectivity index (χ1v) is 7.10. The summed E-state index contributed by atoms with van der Waals surface area (Å²) >= 11 is 1.86. The largest absolute Gasteiger partial charge is 0.493 e. The van der Waals surface area contributed by atoms with Gasteiger partial charge in [0.15, 0.2) is 11.5 Å². The molecule has 0 fully saturated rings. The van der Waals surface area contributed by atoms with E-state index in [1.165, 1.54) is 0 Å². The molecule has 0 unspecified atom stereocenters. The number of rotatable bonds is 8. The van der Waals surface area contributed by atoms with E-state index < -0.39 is 0 Å². The van der Waals surface area contributed by atoms with E-state index in [0.717, 1.165) is 30.3 Å². The van der Waals surface area contributed by atoms with E-state index >= 15 is 0 Å². The van der Waals surface area contributed by atoms with Gasteiger partial charge in [-0.05, 0) is 25.4 Å². The second-order valence-corrected chi connectivity index (χ2v) is 4.78. The minimum atomic E-state index is 0.686. The van der Waals surface area contributed by atoms with Crippen LogP contribution in [0.25, 0.3) is 0 Å². The zero-order chi connectivity index (χ0) is 12.5. The van der Waals surface area contributed by atoms with E-state index in [9.17, 15) is 0 Å². The van der Waals surface area contributed by atoms with Crippen LogP contribution in [0.15, 0.2) is 24.3 Å². The van der Waals surface area contributed by atoms with Crippen molar-refractivity contribution in [3.8, 4) is 11.5 Å². The number of thioether (sulfide) groups is 1. The van der Waals surface area contributed by atoms with Crippen LogP contribution in [0.4, 0.5) is 0 Å². The maximum Gasteiger partial charge on any atom is 0.161 e. The van der Waals surface area contributed by atoms with Crippen LogP contribution < -0.4 is 9.47 Å². The summed E-state index contributed by atoms with van der Waals surface area (Å²) in [6.45, 7) is 2.71. The summed E-state index contributed by atoms with van der Waals surface area (Å²) in [7, 11) is 3.77. The average molecular weight is 255 g/mol. The first-order valence-electron chi connectivity index (χ1n) is 5.71. The van der Waals surface area contributed by atoms with Gasteiger partial charge in [0.05, 0.1) is 7.11 Å². The first kappa shape index (κ1) is 14.2. The van der Waals surface area contributed by atoms with Crippen LogP contribution in [0.2, 0.25) is 0 Å². The molecular formula is C13H21NO2S. The highest BCUT2D eigenvalue weighted by Crippen LogP contribution is 2.25. The van der Waals surface area contributed by atoms with E-state index in [4.69, 9.17) is 9.47 Å². The lowest BCUT2D eigenvalue weighted by atomic mass is 10.3. The van der Waals surface area contributed by atoms with Crippen LogP contribution in [0.5, 0.6) is 11.5 Å². The van der Waals surface area contributed by atoms with E-state index in [0.29, 0.717) is 6.61 Å². The molecule has 3 nitrogen and oxygen atoms in total. The van der Waals surface area contributed by atoms with Gasteiger partial charge in [-0.15, -0.1) is 0 Å². The highest BCUT2D eigenvalue weighted by Gasteiger charge is 2.03. The number of methoxy groups -OCH3 is 1. The number of para-hydroxylation sites is 2. The number of benzene rings is 1. The lowest BCUT2D eigenvalue weighted by Crippen LogP contribution is -2.26. The summed E-state index contributed by atoms with van der Waals surface area (Å²) in [4.78, 5) is 2.27. The standard InChI is InChI=1S/C13H21NO2S/c1-14(9-11-17-3)8-10-16-13-7-5-4-6-12(13)15-2/h4-7H,8-11H2,1-3H3. The molecule has 0 bridgehead atoms. The van der Waals surface area contributed by atoms with Gasteiger partial charge < -0.3 is 14.4 Å². The molecule has 1 aromatic rings. The van der Waals surface area contributed by atoms with Crippen molar-refractivity contribution in [1.82, 2.24) is 4.90 Å². The van der Waals surface area contributed by atoms with Crippen molar-refractivity contribution in [3.63, 3.8) is 0 Å². The molecule has 0 amide bonds. The van der Waals surface area contributed by atoms with Crippen LogP contribution in [0, 0.1) is 0 Å². The quantitative estimate of drug-likeness (QED) is 0.711. The highest BCUT2D eigenvalue weighted by molar-refractivity contribution is 7.98. The molecule has 17 heavy (non-hydrogen) atoms. The van der Waals surface area contributed by atoms with E-state index in [1.54, 1.807) is 7.11 Å². The van der Waals surface area contributed by atoms with Crippen LogP contribution >= 0.6 is 11.8 Å². The Balaban J connectivity index is 2.30. The van der Waals surface area contributed by atoms with Crippen molar-refractivity contribution < 1.29 is 9.47 Å². The minimum absolute atomic E-state index is 0.686. The van der Waals surface area contributed by atoms with Gasteiger partial charge in [0, 0.05) is 18.8 Å². The Bertz CT molecular complexity index is 320. The Kier molecular flexibility index (Phi) is 6.89. The van der Waals surface area contributed by atoms with Gasteiger partial charge in [0.2, 0.25) is 0 Å². The van der Waals surface area contributed by atoms with Crippen molar-refractivity contribution in [3.05, 3.63) is 24.3 Å². The molecule has 0 spiro atoms.